The van der Waals surface area contributed by atoms with Crippen LogP contribution in [-0.4, -0.2) is 18.2 Å². The van der Waals surface area contributed by atoms with Gasteiger partial charge in [0.2, 0.25) is 0 Å². The van der Waals surface area contributed by atoms with Gasteiger partial charge in [0.15, 0.2) is 0 Å². The number of carbonyl (C=O) groups is 1. The molecule has 1 aliphatic carbocycles. The number of allylic oxidation sites excluding steroid dienone is 1. The quantitative estimate of drug-likeness (QED) is 0.843. The Morgan fingerprint density at radius 3 is 2.42 bits per heavy atom. The van der Waals surface area contributed by atoms with Crippen molar-refractivity contribution in [3.05, 3.63) is 34.4 Å². The van der Waals surface area contributed by atoms with Crippen molar-refractivity contribution >= 4 is 11.5 Å². The minimum Gasteiger partial charge on any atom is -0.496 e. The Balaban J connectivity index is 2.58. The summed E-state index contributed by atoms with van der Waals surface area (Å²) in [5.41, 5.74) is 5.27. The molecule has 0 bridgehead atoms. The molecule has 0 unspecified atom stereocenters. The van der Waals surface area contributed by atoms with E-state index in [1.54, 1.807) is 7.11 Å². The average molecular weight is 260 g/mol. The minimum absolute atomic E-state index is 0.405. The Hall–Kier alpha value is -1.77. The molecule has 1 N–H and O–H groups in total. The second-order valence-electron chi connectivity index (χ2n) is 5.24. The van der Waals surface area contributed by atoms with Gasteiger partial charge in [0, 0.05) is 6.08 Å². The van der Waals surface area contributed by atoms with Crippen LogP contribution < -0.4 is 4.74 Å². The maximum Gasteiger partial charge on any atom is 0.328 e. The lowest BCUT2D eigenvalue weighted by Crippen LogP contribution is -2.01. The third kappa shape index (κ3) is 2.65. The molecule has 0 saturated heterocycles. The lowest BCUT2D eigenvalue weighted by Gasteiger charge is -2.17. The van der Waals surface area contributed by atoms with Gasteiger partial charge in [0.25, 0.3) is 0 Å². The largest absolute Gasteiger partial charge is 0.496 e. The van der Waals surface area contributed by atoms with E-state index in [0.717, 1.165) is 46.4 Å². The molecule has 0 aromatic heterocycles. The van der Waals surface area contributed by atoms with Gasteiger partial charge in [-0.25, -0.2) is 4.79 Å². The molecule has 3 heteroatoms. The van der Waals surface area contributed by atoms with Crippen molar-refractivity contribution in [3.63, 3.8) is 0 Å². The summed E-state index contributed by atoms with van der Waals surface area (Å²) in [7, 11) is 1.67. The van der Waals surface area contributed by atoms with Gasteiger partial charge in [-0.1, -0.05) is 0 Å². The van der Waals surface area contributed by atoms with E-state index in [9.17, 15) is 4.79 Å². The van der Waals surface area contributed by atoms with Crippen LogP contribution in [0, 0.1) is 26.7 Å². The highest BCUT2D eigenvalue weighted by Crippen LogP contribution is 2.44. The van der Waals surface area contributed by atoms with Gasteiger partial charge < -0.3 is 9.84 Å². The highest BCUT2D eigenvalue weighted by atomic mass is 16.5. The summed E-state index contributed by atoms with van der Waals surface area (Å²) < 4.78 is 5.41. The molecular weight excluding hydrogens is 240 g/mol. The molecule has 0 atom stereocenters. The number of carboxylic acids is 1. The van der Waals surface area contributed by atoms with Gasteiger partial charge in [-0.15, -0.1) is 0 Å². The second-order valence-corrected chi connectivity index (χ2v) is 5.24. The number of hydrogen-bond donors (Lipinski definition) is 1. The summed E-state index contributed by atoms with van der Waals surface area (Å²) in [4.78, 5) is 11.0. The number of ether oxygens (including phenoxy) is 1. The highest BCUT2D eigenvalue weighted by Gasteiger charge is 2.29. The predicted octanol–water partition coefficient (Wildman–Crippen LogP) is 3.50. The fourth-order valence-corrected chi connectivity index (χ4v) is 2.62. The molecular formula is C16H20O3. The number of aryl methyl sites for hydroxylation is 1. The lowest BCUT2D eigenvalue weighted by molar-refractivity contribution is -0.131. The van der Waals surface area contributed by atoms with Gasteiger partial charge in [0.05, 0.1) is 7.11 Å². The van der Waals surface area contributed by atoms with Gasteiger partial charge >= 0.3 is 5.97 Å². The maximum atomic E-state index is 11.0. The molecule has 0 heterocycles. The number of methoxy groups -OCH3 is 1. The number of carboxylic acid groups (broad SMARTS) is 1. The van der Waals surface area contributed by atoms with Crippen LogP contribution in [0.1, 0.15) is 35.1 Å². The van der Waals surface area contributed by atoms with E-state index in [0.29, 0.717) is 5.92 Å². The monoisotopic (exact) mass is 260 g/mol. The van der Waals surface area contributed by atoms with Crippen LogP contribution in [0.3, 0.4) is 0 Å². The lowest BCUT2D eigenvalue weighted by atomic mass is 9.91. The molecule has 1 aromatic carbocycles. The molecule has 0 spiro atoms. The summed E-state index contributed by atoms with van der Waals surface area (Å²) in [6, 6.07) is 2.05. The molecule has 0 amide bonds. The zero-order chi connectivity index (χ0) is 14.2. The fraction of sp³-hybridized carbons (Fsp3) is 0.438. The molecule has 0 radical (unpaired) electrons. The van der Waals surface area contributed by atoms with Gasteiger partial charge in [-0.2, -0.15) is 0 Å². The fourth-order valence-electron chi connectivity index (χ4n) is 2.62. The summed E-state index contributed by atoms with van der Waals surface area (Å²) in [6.45, 7) is 6.06. The van der Waals surface area contributed by atoms with Crippen LogP contribution in [-0.2, 0) is 4.79 Å². The van der Waals surface area contributed by atoms with Crippen molar-refractivity contribution < 1.29 is 14.6 Å². The van der Waals surface area contributed by atoms with Crippen molar-refractivity contribution in [2.24, 2.45) is 5.92 Å². The van der Waals surface area contributed by atoms with Crippen LogP contribution in [0.5, 0.6) is 5.75 Å². The minimum atomic E-state index is -0.868. The van der Waals surface area contributed by atoms with E-state index in [-0.39, 0.29) is 0 Å². The molecule has 1 aromatic rings. The molecule has 0 aliphatic heterocycles. The van der Waals surface area contributed by atoms with Crippen LogP contribution in [0.2, 0.25) is 0 Å². The topological polar surface area (TPSA) is 46.5 Å². The number of aliphatic carboxylic acids is 1. The predicted molar refractivity (Wildman–Crippen MR) is 75.5 cm³/mol. The SMILES string of the molecule is COc1c(C)cc(/C(=C/C(=O)O)C2CC2)c(C)c1C. The summed E-state index contributed by atoms with van der Waals surface area (Å²) >= 11 is 0. The first-order chi connectivity index (χ1) is 8.95. The Bertz CT molecular complexity index is 552. The van der Waals surface area contributed by atoms with Gasteiger partial charge in [0.1, 0.15) is 5.75 Å². The number of hydrogen-bond acceptors (Lipinski definition) is 2. The Labute approximate surface area is 113 Å². The Morgan fingerprint density at radius 2 is 1.95 bits per heavy atom. The smallest absolute Gasteiger partial charge is 0.328 e. The van der Waals surface area contributed by atoms with Crippen molar-refractivity contribution in [1.82, 2.24) is 0 Å². The third-order valence-electron chi connectivity index (χ3n) is 3.84. The number of rotatable bonds is 4. The highest BCUT2D eigenvalue weighted by molar-refractivity contribution is 5.92. The summed E-state index contributed by atoms with van der Waals surface area (Å²) in [6.07, 6.45) is 3.54. The van der Waals surface area contributed by atoms with Crippen molar-refractivity contribution in [3.8, 4) is 5.75 Å². The molecule has 1 saturated carbocycles. The van der Waals surface area contributed by atoms with E-state index < -0.39 is 5.97 Å². The first-order valence-corrected chi connectivity index (χ1v) is 6.55. The third-order valence-corrected chi connectivity index (χ3v) is 3.84. The Kier molecular flexibility index (Phi) is 3.65. The van der Waals surface area contributed by atoms with Crippen LogP contribution in [0.15, 0.2) is 12.1 Å². The van der Waals surface area contributed by atoms with Gasteiger partial charge in [-0.3, -0.25) is 0 Å². The standard InChI is InChI=1S/C16H20O3/c1-9-7-13(10(2)11(3)16(9)19-4)14(8-15(17)18)12-5-6-12/h7-8,12H,5-6H2,1-4H3,(H,17,18)/b14-8+. The van der Waals surface area contributed by atoms with E-state index in [2.05, 4.69) is 0 Å². The van der Waals surface area contributed by atoms with E-state index >= 15 is 0 Å². The second kappa shape index (κ2) is 5.08. The molecule has 3 nitrogen and oxygen atoms in total. The van der Waals surface area contributed by atoms with Crippen molar-refractivity contribution in [2.45, 2.75) is 33.6 Å². The molecule has 1 aliphatic rings. The van der Waals surface area contributed by atoms with E-state index in [4.69, 9.17) is 9.84 Å². The zero-order valence-corrected chi connectivity index (χ0v) is 11.9. The summed E-state index contributed by atoms with van der Waals surface area (Å²) in [5.74, 6) is 0.432. The molecule has 2 rings (SSSR count). The first-order valence-electron chi connectivity index (χ1n) is 6.55. The molecule has 1 fully saturated rings. The first kappa shape index (κ1) is 13.7. The molecule has 102 valence electrons. The normalized spacial score (nSPS) is 15.5. The van der Waals surface area contributed by atoms with Crippen LogP contribution >= 0.6 is 0 Å². The van der Waals surface area contributed by atoms with E-state index in [1.807, 2.05) is 26.8 Å². The Morgan fingerprint density at radius 1 is 1.32 bits per heavy atom. The van der Waals surface area contributed by atoms with Crippen molar-refractivity contribution in [1.29, 1.82) is 0 Å². The zero-order valence-electron chi connectivity index (χ0n) is 11.9. The summed E-state index contributed by atoms with van der Waals surface area (Å²) in [5, 5.41) is 9.05. The average Bonchev–Trinajstić information content (AvgIpc) is 3.15. The van der Waals surface area contributed by atoms with Crippen molar-refractivity contribution in [2.75, 3.05) is 7.11 Å². The van der Waals surface area contributed by atoms with Gasteiger partial charge in [-0.05, 0) is 73.4 Å². The molecule has 19 heavy (non-hydrogen) atoms. The number of benzene rings is 1. The maximum absolute atomic E-state index is 11.0. The van der Waals surface area contributed by atoms with Crippen LogP contribution in [0.4, 0.5) is 0 Å². The van der Waals surface area contributed by atoms with Crippen LogP contribution in [0.25, 0.3) is 5.57 Å². The van der Waals surface area contributed by atoms with E-state index in [1.165, 1.54) is 6.08 Å².